The Morgan fingerprint density at radius 1 is 1.33 bits per heavy atom. The number of aryl methyl sites for hydroxylation is 1. The van der Waals surface area contributed by atoms with Crippen LogP contribution in [0.5, 0.6) is 0 Å². The van der Waals surface area contributed by atoms with Gasteiger partial charge in [0.15, 0.2) is 0 Å². The van der Waals surface area contributed by atoms with Gasteiger partial charge in [-0.25, -0.2) is 0 Å². The van der Waals surface area contributed by atoms with Crippen LogP contribution in [-0.4, -0.2) is 22.5 Å². The van der Waals surface area contributed by atoms with E-state index in [9.17, 15) is 9.90 Å². The van der Waals surface area contributed by atoms with Crippen molar-refractivity contribution in [3.05, 3.63) is 63.9 Å². The van der Waals surface area contributed by atoms with E-state index in [4.69, 9.17) is 0 Å². The van der Waals surface area contributed by atoms with E-state index in [-0.39, 0.29) is 12.5 Å². The van der Waals surface area contributed by atoms with Crippen LogP contribution < -0.4 is 5.32 Å². The highest BCUT2D eigenvalue weighted by molar-refractivity contribution is 9.10. The third-order valence-corrected chi connectivity index (χ3v) is 3.73. The molecule has 0 fully saturated rings. The van der Waals surface area contributed by atoms with Crippen LogP contribution in [0.2, 0.25) is 0 Å². The number of aromatic nitrogens is 1. The molecule has 0 radical (unpaired) electrons. The first-order valence-corrected chi connectivity index (χ1v) is 7.45. The van der Waals surface area contributed by atoms with Gasteiger partial charge < -0.3 is 10.4 Å². The molecule has 2 rings (SSSR count). The van der Waals surface area contributed by atoms with Gasteiger partial charge in [0.05, 0.1) is 12.5 Å². The largest absolute Gasteiger partial charge is 0.387 e. The fraction of sp³-hybridized carbons (Fsp3) is 0.250. The Balaban J connectivity index is 1.87. The molecule has 0 aliphatic heterocycles. The molecule has 2 aromatic rings. The number of carbonyl (C=O) groups is 1. The molecule has 1 heterocycles. The van der Waals surface area contributed by atoms with Gasteiger partial charge >= 0.3 is 0 Å². The highest BCUT2D eigenvalue weighted by Gasteiger charge is 2.10. The summed E-state index contributed by atoms with van der Waals surface area (Å²) in [5.41, 5.74) is 2.79. The van der Waals surface area contributed by atoms with Gasteiger partial charge in [0.1, 0.15) is 0 Å². The summed E-state index contributed by atoms with van der Waals surface area (Å²) in [5, 5.41) is 12.7. The smallest absolute Gasteiger partial charge is 0.224 e. The van der Waals surface area contributed by atoms with Crippen molar-refractivity contribution in [3.63, 3.8) is 0 Å². The second-order valence-corrected chi connectivity index (χ2v) is 5.76. The quantitative estimate of drug-likeness (QED) is 0.872. The summed E-state index contributed by atoms with van der Waals surface area (Å²) in [6.45, 7) is 2.16. The first-order chi connectivity index (χ1) is 10.1. The van der Waals surface area contributed by atoms with Crippen LogP contribution >= 0.6 is 15.9 Å². The van der Waals surface area contributed by atoms with Gasteiger partial charge in [-0.15, -0.1) is 0 Å². The molecule has 0 bridgehead atoms. The number of amides is 1. The predicted octanol–water partition coefficient (Wildman–Crippen LogP) is 2.54. The normalized spacial score (nSPS) is 12.0. The molecule has 1 aromatic heterocycles. The van der Waals surface area contributed by atoms with Crippen molar-refractivity contribution in [1.82, 2.24) is 10.3 Å². The molecule has 1 aromatic carbocycles. The third-order valence-electron chi connectivity index (χ3n) is 3.24. The van der Waals surface area contributed by atoms with Crippen LogP contribution in [0.4, 0.5) is 0 Å². The van der Waals surface area contributed by atoms with Gasteiger partial charge in [0.25, 0.3) is 0 Å². The zero-order valence-electron chi connectivity index (χ0n) is 11.7. The molecule has 110 valence electrons. The first-order valence-electron chi connectivity index (χ1n) is 6.66. The Morgan fingerprint density at radius 2 is 2.05 bits per heavy atom. The van der Waals surface area contributed by atoms with Crippen LogP contribution in [0.1, 0.15) is 22.8 Å². The average Bonchev–Trinajstić information content (AvgIpc) is 2.48. The standard InChI is InChI=1S/C16H17BrN2O2/c1-11-8-14(17)3-2-13(11)9-16(21)19-10-15(20)12-4-6-18-7-5-12/h2-8,15,20H,9-10H2,1H3,(H,19,21). The number of pyridine rings is 1. The van der Waals surface area contributed by atoms with Crippen LogP contribution in [0.15, 0.2) is 47.2 Å². The van der Waals surface area contributed by atoms with Crippen molar-refractivity contribution in [2.75, 3.05) is 6.54 Å². The Labute approximate surface area is 132 Å². The van der Waals surface area contributed by atoms with Crippen molar-refractivity contribution >= 4 is 21.8 Å². The minimum atomic E-state index is -0.719. The minimum absolute atomic E-state index is 0.103. The van der Waals surface area contributed by atoms with E-state index >= 15 is 0 Å². The van der Waals surface area contributed by atoms with E-state index in [1.54, 1.807) is 24.5 Å². The fourth-order valence-electron chi connectivity index (χ4n) is 2.01. The lowest BCUT2D eigenvalue weighted by atomic mass is 10.1. The van der Waals surface area contributed by atoms with E-state index in [1.807, 2.05) is 25.1 Å². The zero-order valence-corrected chi connectivity index (χ0v) is 13.3. The summed E-state index contributed by atoms with van der Waals surface area (Å²) in [7, 11) is 0. The molecule has 1 amide bonds. The molecule has 2 N–H and O–H groups in total. The van der Waals surface area contributed by atoms with E-state index in [1.165, 1.54) is 0 Å². The number of aliphatic hydroxyl groups is 1. The van der Waals surface area contributed by atoms with Gasteiger partial charge in [0, 0.05) is 23.4 Å². The first kappa shape index (κ1) is 15.7. The zero-order chi connectivity index (χ0) is 15.2. The number of benzene rings is 1. The summed E-state index contributed by atoms with van der Waals surface area (Å²) in [4.78, 5) is 15.8. The second kappa shape index (κ2) is 7.33. The number of halogens is 1. The van der Waals surface area contributed by atoms with Crippen LogP contribution in [0, 0.1) is 6.92 Å². The summed E-state index contributed by atoms with van der Waals surface area (Å²) in [5.74, 6) is -0.103. The van der Waals surface area contributed by atoms with Crippen molar-refractivity contribution < 1.29 is 9.90 Å². The molecule has 0 spiro atoms. The molecule has 0 saturated heterocycles. The number of rotatable bonds is 5. The summed E-state index contributed by atoms with van der Waals surface area (Å²) in [6.07, 6.45) is 2.82. The number of carbonyl (C=O) groups excluding carboxylic acids is 1. The Hall–Kier alpha value is -1.72. The molecule has 1 unspecified atom stereocenters. The maximum atomic E-state index is 11.9. The summed E-state index contributed by atoms with van der Waals surface area (Å²) < 4.78 is 0.997. The van der Waals surface area contributed by atoms with Crippen molar-refractivity contribution in [2.24, 2.45) is 0 Å². The Kier molecular flexibility index (Phi) is 5.47. The van der Waals surface area contributed by atoms with Crippen molar-refractivity contribution in [3.8, 4) is 0 Å². The molecule has 5 heteroatoms. The topological polar surface area (TPSA) is 62.2 Å². The summed E-state index contributed by atoms with van der Waals surface area (Å²) in [6, 6.07) is 9.29. The van der Waals surface area contributed by atoms with Crippen molar-refractivity contribution in [1.29, 1.82) is 0 Å². The molecular formula is C16H17BrN2O2. The number of nitrogens with zero attached hydrogens (tertiary/aromatic N) is 1. The number of hydrogen-bond donors (Lipinski definition) is 2. The Morgan fingerprint density at radius 3 is 2.71 bits per heavy atom. The average molecular weight is 349 g/mol. The molecule has 4 nitrogen and oxygen atoms in total. The monoisotopic (exact) mass is 348 g/mol. The maximum absolute atomic E-state index is 11.9. The van der Waals surface area contributed by atoms with Gasteiger partial charge in [-0.05, 0) is 47.9 Å². The molecule has 0 aliphatic rings. The van der Waals surface area contributed by atoms with Crippen molar-refractivity contribution in [2.45, 2.75) is 19.4 Å². The number of hydrogen-bond acceptors (Lipinski definition) is 3. The second-order valence-electron chi connectivity index (χ2n) is 4.85. The number of aliphatic hydroxyl groups excluding tert-OH is 1. The lowest BCUT2D eigenvalue weighted by molar-refractivity contribution is -0.120. The molecule has 0 saturated carbocycles. The lowest BCUT2D eigenvalue weighted by Gasteiger charge is -2.12. The van der Waals surface area contributed by atoms with E-state index in [0.717, 1.165) is 21.2 Å². The van der Waals surface area contributed by atoms with E-state index < -0.39 is 6.10 Å². The lowest BCUT2D eigenvalue weighted by Crippen LogP contribution is -2.29. The van der Waals surface area contributed by atoms with Crippen LogP contribution in [-0.2, 0) is 11.2 Å². The Bertz CT molecular complexity index is 617. The van der Waals surface area contributed by atoms with E-state index in [0.29, 0.717) is 6.42 Å². The highest BCUT2D eigenvalue weighted by atomic mass is 79.9. The third kappa shape index (κ3) is 4.65. The molecular weight excluding hydrogens is 332 g/mol. The fourth-order valence-corrected chi connectivity index (χ4v) is 2.48. The minimum Gasteiger partial charge on any atom is -0.387 e. The van der Waals surface area contributed by atoms with Gasteiger partial charge in [-0.3, -0.25) is 9.78 Å². The summed E-state index contributed by atoms with van der Waals surface area (Å²) >= 11 is 3.40. The van der Waals surface area contributed by atoms with Gasteiger partial charge in [-0.2, -0.15) is 0 Å². The predicted molar refractivity (Wildman–Crippen MR) is 84.8 cm³/mol. The van der Waals surface area contributed by atoms with Crippen LogP contribution in [0.3, 0.4) is 0 Å². The van der Waals surface area contributed by atoms with E-state index in [2.05, 4.69) is 26.2 Å². The van der Waals surface area contributed by atoms with Crippen LogP contribution in [0.25, 0.3) is 0 Å². The SMILES string of the molecule is Cc1cc(Br)ccc1CC(=O)NCC(O)c1ccncc1. The molecule has 0 aliphatic carbocycles. The van der Waals surface area contributed by atoms with Gasteiger partial charge in [0.2, 0.25) is 5.91 Å². The maximum Gasteiger partial charge on any atom is 0.224 e. The number of nitrogens with one attached hydrogen (secondary N) is 1. The highest BCUT2D eigenvalue weighted by Crippen LogP contribution is 2.16. The molecule has 21 heavy (non-hydrogen) atoms. The van der Waals surface area contributed by atoms with Gasteiger partial charge in [-0.1, -0.05) is 22.0 Å². The molecule has 1 atom stereocenters.